The average molecular weight is 235 g/mol. The number of nitrogens with zero attached hydrogens (tertiary/aromatic N) is 4. The summed E-state index contributed by atoms with van der Waals surface area (Å²) in [6, 6.07) is 1.37. The number of rotatable bonds is 1. The number of aryl methyl sites for hydroxylation is 1. The Balaban J connectivity index is 1.76. The van der Waals surface area contributed by atoms with Crippen molar-refractivity contribution in [3.8, 4) is 0 Å². The maximum atomic E-state index is 4.64. The van der Waals surface area contributed by atoms with E-state index in [1.54, 1.807) is 11.3 Å². The lowest BCUT2D eigenvalue weighted by Gasteiger charge is -2.16. The maximum absolute atomic E-state index is 4.64. The fraction of sp³-hybridized carbons (Fsp3) is 0.700. The highest BCUT2D eigenvalue weighted by molar-refractivity contribution is 7.16. The predicted molar refractivity (Wildman–Crippen MR) is 60.7 cm³/mol. The van der Waals surface area contributed by atoms with Crippen LogP contribution in [0.15, 0.2) is 0 Å². The summed E-state index contributed by atoms with van der Waals surface area (Å²) in [7, 11) is 0. The molecule has 2 saturated heterocycles. The van der Waals surface area contributed by atoms with Crippen LogP contribution < -0.4 is 5.32 Å². The van der Waals surface area contributed by atoms with Gasteiger partial charge in [-0.1, -0.05) is 11.3 Å². The van der Waals surface area contributed by atoms with Crippen molar-refractivity contribution in [3.05, 3.63) is 10.8 Å². The lowest BCUT2D eigenvalue weighted by atomic mass is 9.90. The largest absolute Gasteiger partial charge is 0.311 e. The third-order valence-corrected chi connectivity index (χ3v) is 4.81. The minimum Gasteiger partial charge on any atom is -0.311 e. The van der Waals surface area contributed by atoms with Gasteiger partial charge in [-0.05, 0) is 26.2 Å². The van der Waals surface area contributed by atoms with Crippen molar-refractivity contribution in [1.82, 2.24) is 25.1 Å². The Bertz CT molecular complexity index is 544. The monoisotopic (exact) mass is 235 g/mol. The van der Waals surface area contributed by atoms with Gasteiger partial charge in [0.15, 0.2) is 5.82 Å². The van der Waals surface area contributed by atoms with Crippen LogP contribution in [0.1, 0.15) is 36.0 Å². The molecule has 2 aromatic rings. The highest BCUT2D eigenvalue weighted by Crippen LogP contribution is 2.41. The molecule has 3 unspecified atom stereocenters. The van der Waals surface area contributed by atoms with Crippen molar-refractivity contribution < 1.29 is 0 Å². The van der Waals surface area contributed by atoms with Crippen molar-refractivity contribution in [1.29, 1.82) is 0 Å². The van der Waals surface area contributed by atoms with Crippen LogP contribution in [0.5, 0.6) is 0 Å². The molecule has 0 spiro atoms. The lowest BCUT2D eigenvalue weighted by molar-refractivity contribution is 0.500. The molecule has 5 nitrogen and oxygen atoms in total. The molecule has 2 aliphatic heterocycles. The van der Waals surface area contributed by atoms with Gasteiger partial charge in [0.05, 0.1) is 0 Å². The first-order chi connectivity index (χ1) is 7.81. The molecular formula is C10H13N5S. The molecule has 0 amide bonds. The molecule has 2 aromatic heterocycles. The number of hydrogen-bond acceptors (Lipinski definition) is 5. The van der Waals surface area contributed by atoms with Gasteiger partial charge in [-0.15, -0.1) is 10.2 Å². The summed E-state index contributed by atoms with van der Waals surface area (Å²) >= 11 is 1.69. The molecule has 2 bridgehead atoms. The molecule has 2 aliphatic rings. The van der Waals surface area contributed by atoms with Gasteiger partial charge in [0.2, 0.25) is 4.96 Å². The summed E-state index contributed by atoms with van der Waals surface area (Å²) in [5.41, 5.74) is 0. The van der Waals surface area contributed by atoms with Gasteiger partial charge < -0.3 is 5.32 Å². The second-order valence-electron chi connectivity index (χ2n) is 4.77. The van der Waals surface area contributed by atoms with Crippen molar-refractivity contribution in [2.45, 2.75) is 44.2 Å². The minimum atomic E-state index is 0.602. The Morgan fingerprint density at radius 2 is 2.31 bits per heavy atom. The first-order valence-corrected chi connectivity index (χ1v) is 6.58. The van der Waals surface area contributed by atoms with Crippen LogP contribution in [-0.4, -0.2) is 31.9 Å². The van der Waals surface area contributed by atoms with Crippen LogP contribution in [0.4, 0.5) is 0 Å². The highest BCUT2D eigenvalue weighted by Gasteiger charge is 2.41. The Morgan fingerprint density at radius 3 is 3.00 bits per heavy atom. The van der Waals surface area contributed by atoms with Crippen molar-refractivity contribution in [2.24, 2.45) is 0 Å². The normalized spacial score (nSPS) is 32.9. The van der Waals surface area contributed by atoms with Crippen LogP contribution >= 0.6 is 11.3 Å². The smallest absolute Gasteiger partial charge is 0.234 e. The van der Waals surface area contributed by atoms with Crippen LogP contribution in [0.2, 0.25) is 0 Å². The molecule has 0 aromatic carbocycles. The van der Waals surface area contributed by atoms with Gasteiger partial charge in [0.1, 0.15) is 5.01 Å². The zero-order valence-corrected chi connectivity index (χ0v) is 9.87. The average Bonchev–Trinajstić information content (AvgIpc) is 2.99. The molecule has 4 rings (SSSR count). The zero-order valence-electron chi connectivity index (χ0n) is 9.05. The Hall–Kier alpha value is -1.01. The summed E-state index contributed by atoms with van der Waals surface area (Å²) in [6.07, 6.45) is 3.88. The number of aromatic nitrogens is 4. The van der Waals surface area contributed by atoms with Crippen molar-refractivity contribution in [2.75, 3.05) is 0 Å². The second-order valence-corrected chi connectivity index (χ2v) is 5.76. The van der Waals surface area contributed by atoms with Gasteiger partial charge in [-0.25, -0.2) is 0 Å². The van der Waals surface area contributed by atoms with Crippen LogP contribution in [0, 0.1) is 6.92 Å². The maximum Gasteiger partial charge on any atom is 0.234 e. The molecule has 0 saturated carbocycles. The third kappa shape index (κ3) is 1.11. The van der Waals surface area contributed by atoms with Gasteiger partial charge in [-0.3, -0.25) is 0 Å². The summed E-state index contributed by atoms with van der Waals surface area (Å²) < 4.78 is 1.87. The fourth-order valence-electron chi connectivity index (χ4n) is 2.98. The molecule has 1 N–H and O–H groups in total. The highest BCUT2D eigenvalue weighted by atomic mass is 32.1. The Morgan fingerprint density at radius 1 is 1.38 bits per heavy atom. The molecule has 6 heteroatoms. The molecule has 84 valence electrons. The predicted octanol–water partition coefficient (Wildman–Crippen LogP) is 1.10. The summed E-state index contributed by atoms with van der Waals surface area (Å²) in [6.45, 7) is 1.95. The van der Waals surface area contributed by atoms with E-state index in [9.17, 15) is 0 Å². The van der Waals surface area contributed by atoms with Crippen LogP contribution in [-0.2, 0) is 0 Å². The topological polar surface area (TPSA) is 55.1 Å². The standard InChI is InChI=1S/C10H13N5S/c1-5-12-13-10-15(5)14-9(16-10)7-4-6-2-3-8(7)11-6/h6-8,11H,2-4H2,1H3. The van der Waals surface area contributed by atoms with Gasteiger partial charge in [0.25, 0.3) is 0 Å². The molecule has 2 fully saturated rings. The number of hydrogen-bond donors (Lipinski definition) is 1. The van der Waals surface area contributed by atoms with Crippen LogP contribution in [0.3, 0.4) is 0 Å². The quantitative estimate of drug-likeness (QED) is 0.804. The van der Waals surface area contributed by atoms with E-state index in [1.807, 2.05) is 11.4 Å². The van der Waals surface area contributed by atoms with Crippen LogP contribution in [0.25, 0.3) is 4.96 Å². The summed E-state index contributed by atoms with van der Waals surface area (Å²) in [5, 5.41) is 17.7. The van der Waals surface area contributed by atoms with E-state index in [2.05, 4.69) is 20.6 Å². The van der Waals surface area contributed by atoms with Gasteiger partial charge >= 0.3 is 0 Å². The van der Waals surface area contributed by atoms with Crippen molar-refractivity contribution >= 4 is 16.3 Å². The van der Waals surface area contributed by atoms with E-state index < -0.39 is 0 Å². The van der Waals surface area contributed by atoms with E-state index in [1.165, 1.54) is 24.3 Å². The van der Waals surface area contributed by atoms with E-state index in [0.29, 0.717) is 12.0 Å². The van der Waals surface area contributed by atoms with E-state index in [-0.39, 0.29) is 0 Å². The van der Waals surface area contributed by atoms with E-state index in [0.717, 1.165) is 16.8 Å². The fourth-order valence-corrected chi connectivity index (χ4v) is 4.04. The molecule has 0 aliphatic carbocycles. The van der Waals surface area contributed by atoms with Gasteiger partial charge in [0, 0.05) is 18.0 Å². The summed E-state index contributed by atoms with van der Waals surface area (Å²) in [5.74, 6) is 1.48. The minimum absolute atomic E-state index is 0.602. The van der Waals surface area contributed by atoms with E-state index in [4.69, 9.17) is 0 Å². The first kappa shape index (κ1) is 9.07. The summed E-state index contributed by atoms with van der Waals surface area (Å²) in [4.78, 5) is 0.926. The zero-order chi connectivity index (χ0) is 10.7. The van der Waals surface area contributed by atoms with Crippen molar-refractivity contribution in [3.63, 3.8) is 0 Å². The van der Waals surface area contributed by atoms with Gasteiger partial charge in [-0.2, -0.15) is 9.61 Å². The third-order valence-electron chi connectivity index (χ3n) is 3.78. The molecule has 16 heavy (non-hydrogen) atoms. The number of nitrogens with one attached hydrogen (secondary N) is 1. The number of fused-ring (bicyclic) bond motifs is 3. The molecular weight excluding hydrogens is 222 g/mol. The molecule has 3 atom stereocenters. The van der Waals surface area contributed by atoms with E-state index >= 15 is 0 Å². The molecule has 4 heterocycles. The Labute approximate surface area is 96.9 Å². The molecule has 0 radical (unpaired) electrons. The SMILES string of the molecule is Cc1nnc2sc(C3CC4CCC3N4)nn12. The first-order valence-electron chi connectivity index (χ1n) is 5.76. The second kappa shape index (κ2) is 3.01. The Kier molecular flexibility index (Phi) is 1.71. The lowest BCUT2D eigenvalue weighted by Crippen LogP contribution is -2.21.